The summed E-state index contributed by atoms with van der Waals surface area (Å²) in [4.78, 5) is 2.76. The second-order valence-corrected chi connectivity index (χ2v) is 7.56. The molecule has 2 rings (SSSR count). The second kappa shape index (κ2) is 7.79. The topological polar surface area (TPSA) is 15.3 Å². The predicted molar refractivity (Wildman–Crippen MR) is 88.0 cm³/mol. The molecule has 2 aliphatic rings. The second-order valence-electron chi connectivity index (χ2n) is 7.56. The van der Waals surface area contributed by atoms with Crippen LogP contribution < -0.4 is 5.32 Å². The molecule has 0 aromatic heterocycles. The first-order valence-corrected chi connectivity index (χ1v) is 9.09. The van der Waals surface area contributed by atoms with Crippen molar-refractivity contribution in [2.24, 2.45) is 23.7 Å². The first-order chi connectivity index (χ1) is 9.63. The molecule has 2 heteroatoms. The smallest absolute Gasteiger partial charge is 0.0108 e. The fourth-order valence-corrected chi connectivity index (χ4v) is 4.37. The molecular formula is C18H36N2. The maximum Gasteiger partial charge on any atom is 0.0108 e. The molecule has 0 spiro atoms. The zero-order valence-corrected chi connectivity index (χ0v) is 14.2. The monoisotopic (exact) mass is 280 g/mol. The highest BCUT2D eigenvalue weighted by atomic mass is 15.2. The SMILES string of the molecule is CCNC1CCC(CC)CC1CN1CCC(C(C)C)C1. The lowest BCUT2D eigenvalue weighted by Gasteiger charge is -2.38. The molecule has 0 bridgehead atoms. The van der Waals surface area contributed by atoms with Gasteiger partial charge in [-0.2, -0.15) is 0 Å². The van der Waals surface area contributed by atoms with Gasteiger partial charge in [-0.3, -0.25) is 0 Å². The molecule has 1 N–H and O–H groups in total. The fraction of sp³-hybridized carbons (Fsp3) is 1.00. The van der Waals surface area contributed by atoms with Gasteiger partial charge in [-0.05, 0) is 62.4 Å². The van der Waals surface area contributed by atoms with Crippen LogP contribution >= 0.6 is 0 Å². The summed E-state index contributed by atoms with van der Waals surface area (Å²) in [5.41, 5.74) is 0. The highest BCUT2D eigenvalue weighted by Gasteiger charge is 2.33. The van der Waals surface area contributed by atoms with Crippen molar-refractivity contribution in [3.8, 4) is 0 Å². The first-order valence-electron chi connectivity index (χ1n) is 9.09. The van der Waals surface area contributed by atoms with Crippen molar-refractivity contribution in [2.45, 2.75) is 65.8 Å². The first kappa shape index (κ1) is 16.3. The minimum atomic E-state index is 0.779. The van der Waals surface area contributed by atoms with Gasteiger partial charge in [-0.15, -0.1) is 0 Å². The van der Waals surface area contributed by atoms with Crippen LogP contribution in [-0.2, 0) is 0 Å². The van der Waals surface area contributed by atoms with Gasteiger partial charge in [-0.1, -0.05) is 34.1 Å². The van der Waals surface area contributed by atoms with E-state index in [1.807, 2.05) is 0 Å². The lowest BCUT2D eigenvalue weighted by atomic mass is 9.76. The van der Waals surface area contributed by atoms with Crippen LogP contribution in [0.2, 0.25) is 0 Å². The van der Waals surface area contributed by atoms with Gasteiger partial charge in [0, 0.05) is 19.1 Å². The maximum absolute atomic E-state index is 3.76. The Hall–Kier alpha value is -0.0800. The van der Waals surface area contributed by atoms with Crippen molar-refractivity contribution >= 4 is 0 Å². The molecule has 1 heterocycles. The molecule has 4 unspecified atom stereocenters. The van der Waals surface area contributed by atoms with Gasteiger partial charge in [-0.25, -0.2) is 0 Å². The van der Waals surface area contributed by atoms with E-state index in [0.29, 0.717) is 0 Å². The van der Waals surface area contributed by atoms with Crippen LogP contribution in [-0.4, -0.2) is 37.1 Å². The Morgan fingerprint density at radius 2 is 1.95 bits per heavy atom. The van der Waals surface area contributed by atoms with E-state index in [1.165, 1.54) is 51.7 Å². The molecule has 0 amide bonds. The van der Waals surface area contributed by atoms with Crippen molar-refractivity contribution in [1.82, 2.24) is 10.2 Å². The third-order valence-electron chi connectivity index (χ3n) is 5.88. The molecule has 0 radical (unpaired) electrons. The van der Waals surface area contributed by atoms with Crippen LogP contribution in [0.5, 0.6) is 0 Å². The van der Waals surface area contributed by atoms with Crippen LogP contribution in [0.25, 0.3) is 0 Å². The predicted octanol–water partition coefficient (Wildman–Crippen LogP) is 3.77. The van der Waals surface area contributed by atoms with E-state index in [4.69, 9.17) is 0 Å². The lowest BCUT2D eigenvalue weighted by Crippen LogP contribution is -2.45. The Bertz CT molecular complexity index is 277. The number of hydrogen-bond donors (Lipinski definition) is 1. The van der Waals surface area contributed by atoms with Crippen molar-refractivity contribution in [2.75, 3.05) is 26.2 Å². The molecule has 20 heavy (non-hydrogen) atoms. The van der Waals surface area contributed by atoms with Crippen LogP contribution in [0.3, 0.4) is 0 Å². The Morgan fingerprint density at radius 1 is 1.15 bits per heavy atom. The van der Waals surface area contributed by atoms with Gasteiger partial charge in [0.2, 0.25) is 0 Å². The summed E-state index contributed by atoms with van der Waals surface area (Å²) in [7, 11) is 0. The van der Waals surface area contributed by atoms with Gasteiger partial charge in [0.05, 0.1) is 0 Å². The Morgan fingerprint density at radius 3 is 2.55 bits per heavy atom. The average Bonchev–Trinajstić information content (AvgIpc) is 2.90. The fourth-order valence-electron chi connectivity index (χ4n) is 4.37. The van der Waals surface area contributed by atoms with Gasteiger partial charge >= 0.3 is 0 Å². The standard InChI is InChI=1S/C18H36N2/c1-5-15-7-8-18(19-6-2)17(11-15)13-20-10-9-16(12-20)14(3)4/h14-19H,5-13H2,1-4H3. The quantitative estimate of drug-likeness (QED) is 0.797. The molecule has 118 valence electrons. The molecule has 1 aliphatic heterocycles. The molecule has 4 atom stereocenters. The van der Waals surface area contributed by atoms with E-state index in [-0.39, 0.29) is 0 Å². The Balaban J connectivity index is 1.87. The number of nitrogens with one attached hydrogen (secondary N) is 1. The van der Waals surface area contributed by atoms with Gasteiger partial charge in [0.15, 0.2) is 0 Å². The molecule has 0 aromatic rings. The third kappa shape index (κ3) is 4.21. The van der Waals surface area contributed by atoms with Gasteiger partial charge < -0.3 is 10.2 Å². The molecule has 1 saturated heterocycles. The van der Waals surface area contributed by atoms with E-state index >= 15 is 0 Å². The average molecular weight is 280 g/mol. The minimum Gasteiger partial charge on any atom is -0.314 e. The minimum absolute atomic E-state index is 0.779. The zero-order chi connectivity index (χ0) is 14.5. The summed E-state index contributed by atoms with van der Waals surface area (Å²) in [6.45, 7) is 14.6. The van der Waals surface area contributed by atoms with E-state index in [0.717, 1.165) is 36.3 Å². The molecular weight excluding hydrogens is 244 g/mol. The van der Waals surface area contributed by atoms with Crippen LogP contribution in [0.1, 0.15) is 59.8 Å². The molecule has 1 aliphatic carbocycles. The summed E-state index contributed by atoms with van der Waals surface area (Å²) < 4.78 is 0. The summed E-state index contributed by atoms with van der Waals surface area (Å²) in [6, 6.07) is 0.779. The van der Waals surface area contributed by atoms with Crippen molar-refractivity contribution in [1.29, 1.82) is 0 Å². The highest BCUT2D eigenvalue weighted by Crippen LogP contribution is 2.33. The largest absolute Gasteiger partial charge is 0.314 e. The molecule has 2 fully saturated rings. The number of rotatable bonds is 6. The van der Waals surface area contributed by atoms with E-state index in [1.54, 1.807) is 0 Å². The maximum atomic E-state index is 3.76. The van der Waals surface area contributed by atoms with Crippen LogP contribution in [0.15, 0.2) is 0 Å². The molecule has 1 saturated carbocycles. The molecule has 2 nitrogen and oxygen atoms in total. The van der Waals surface area contributed by atoms with Crippen molar-refractivity contribution in [3.05, 3.63) is 0 Å². The Kier molecular flexibility index (Phi) is 6.35. The number of likely N-dealkylation sites (tertiary alicyclic amines) is 1. The highest BCUT2D eigenvalue weighted by molar-refractivity contribution is 4.88. The van der Waals surface area contributed by atoms with Gasteiger partial charge in [0.1, 0.15) is 0 Å². The zero-order valence-electron chi connectivity index (χ0n) is 14.2. The van der Waals surface area contributed by atoms with Gasteiger partial charge in [0.25, 0.3) is 0 Å². The van der Waals surface area contributed by atoms with Crippen LogP contribution in [0, 0.1) is 23.7 Å². The van der Waals surface area contributed by atoms with Crippen molar-refractivity contribution < 1.29 is 0 Å². The van der Waals surface area contributed by atoms with Crippen molar-refractivity contribution in [3.63, 3.8) is 0 Å². The summed E-state index contributed by atoms with van der Waals surface area (Å²) >= 11 is 0. The summed E-state index contributed by atoms with van der Waals surface area (Å²) in [6.07, 6.45) is 7.10. The van der Waals surface area contributed by atoms with E-state index in [9.17, 15) is 0 Å². The van der Waals surface area contributed by atoms with E-state index < -0.39 is 0 Å². The summed E-state index contributed by atoms with van der Waals surface area (Å²) in [5, 5.41) is 3.76. The normalized spacial score (nSPS) is 35.9. The van der Waals surface area contributed by atoms with E-state index in [2.05, 4.69) is 37.9 Å². The summed E-state index contributed by atoms with van der Waals surface area (Å²) in [5.74, 6) is 3.68. The van der Waals surface area contributed by atoms with Crippen LogP contribution in [0.4, 0.5) is 0 Å². The molecule has 0 aromatic carbocycles. The lowest BCUT2D eigenvalue weighted by molar-refractivity contribution is 0.148. The third-order valence-corrected chi connectivity index (χ3v) is 5.88. The number of nitrogens with zero attached hydrogens (tertiary/aromatic N) is 1. The number of hydrogen-bond acceptors (Lipinski definition) is 2. The Labute approximate surface area is 126 Å².